The highest BCUT2D eigenvalue weighted by Gasteiger charge is 2.37. The van der Waals surface area contributed by atoms with Gasteiger partial charge in [-0.3, -0.25) is 14.4 Å². The molecule has 0 aromatic carbocycles. The molecule has 1 atom stereocenters. The van der Waals surface area contributed by atoms with Crippen LogP contribution in [0.3, 0.4) is 0 Å². The Morgan fingerprint density at radius 3 is 2.32 bits per heavy atom. The number of rotatable bonds is 5. The van der Waals surface area contributed by atoms with Crippen molar-refractivity contribution >= 4 is 17.7 Å². The Kier molecular flexibility index (Phi) is 7.36. The number of carbonyl (C=O) groups excluding carboxylic acids is 3. The summed E-state index contributed by atoms with van der Waals surface area (Å²) in [6.07, 6.45) is 9.38. The fraction of sp³-hybridized carbons (Fsp3) is 0.864. The van der Waals surface area contributed by atoms with Crippen LogP contribution >= 0.6 is 0 Å². The van der Waals surface area contributed by atoms with Crippen molar-refractivity contribution in [1.29, 1.82) is 0 Å². The Morgan fingerprint density at radius 1 is 0.964 bits per heavy atom. The summed E-state index contributed by atoms with van der Waals surface area (Å²) in [6, 6.07) is 0.145. The Bertz CT molecular complexity index is 571. The van der Waals surface area contributed by atoms with Crippen molar-refractivity contribution < 1.29 is 14.4 Å². The lowest BCUT2D eigenvalue weighted by Gasteiger charge is -2.26. The standard InChI is InChI=1S/C22H37N3O3/c1-17(2)25-16-19(15-21(25)27)22(28)24-12-6-11-23(13-14-24)20(26)10-9-18-7-4-3-5-8-18/h17-19H,3-16H2,1-2H3. The third kappa shape index (κ3) is 5.26. The summed E-state index contributed by atoms with van der Waals surface area (Å²) in [5.41, 5.74) is 0. The predicted octanol–water partition coefficient (Wildman–Crippen LogP) is 2.66. The molecule has 3 amide bonds. The number of hydrogen-bond acceptors (Lipinski definition) is 3. The Balaban J connectivity index is 1.45. The van der Waals surface area contributed by atoms with E-state index >= 15 is 0 Å². The maximum Gasteiger partial charge on any atom is 0.228 e. The van der Waals surface area contributed by atoms with Crippen LogP contribution in [-0.4, -0.2) is 71.2 Å². The van der Waals surface area contributed by atoms with Crippen LogP contribution in [0.2, 0.25) is 0 Å². The van der Waals surface area contributed by atoms with E-state index in [2.05, 4.69) is 0 Å². The van der Waals surface area contributed by atoms with Crippen LogP contribution < -0.4 is 0 Å². The minimum absolute atomic E-state index is 0.0858. The van der Waals surface area contributed by atoms with E-state index in [-0.39, 0.29) is 29.7 Å². The van der Waals surface area contributed by atoms with Crippen LogP contribution in [-0.2, 0) is 14.4 Å². The fourth-order valence-electron chi connectivity index (χ4n) is 5.00. The first-order valence-corrected chi connectivity index (χ1v) is 11.3. The SMILES string of the molecule is CC(C)N1CC(C(=O)N2CCCN(C(=O)CCC3CCCCC3)CC2)CC1=O. The molecule has 2 heterocycles. The van der Waals surface area contributed by atoms with Gasteiger partial charge in [-0.15, -0.1) is 0 Å². The molecule has 1 saturated carbocycles. The summed E-state index contributed by atoms with van der Waals surface area (Å²) in [5, 5.41) is 0. The molecule has 0 radical (unpaired) electrons. The highest BCUT2D eigenvalue weighted by atomic mass is 16.2. The molecular formula is C22H37N3O3. The van der Waals surface area contributed by atoms with Gasteiger partial charge >= 0.3 is 0 Å². The molecule has 2 aliphatic heterocycles. The van der Waals surface area contributed by atoms with Crippen LogP contribution in [0.1, 0.15) is 71.6 Å². The van der Waals surface area contributed by atoms with Crippen molar-refractivity contribution in [3.8, 4) is 0 Å². The van der Waals surface area contributed by atoms with Gasteiger partial charge in [0.2, 0.25) is 17.7 Å². The summed E-state index contributed by atoms with van der Waals surface area (Å²) < 4.78 is 0. The van der Waals surface area contributed by atoms with Gasteiger partial charge in [0.05, 0.1) is 5.92 Å². The first-order chi connectivity index (χ1) is 13.5. The first-order valence-electron chi connectivity index (χ1n) is 11.3. The van der Waals surface area contributed by atoms with Gasteiger partial charge in [0, 0.05) is 51.6 Å². The normalized spacial score (nSPS) is 24.8. The van der Waals surface area contributed by atoms with Crippen LogP contribution in [0.5, 0.6) is 0 Å². The Labute approximate surface area is 169 Å². The van der Waals surface area contributed by atoms with Crippen molar-refractivity contribution in [3.05, 3.63) is 0 Å². The average molecular weight is 392 g/mol. The molecule has 0 bridgehead atoms. The number of nitrogens with zero attached hydrogens (tertiary/aromatic N) is 3. The van der Waals surface area contributed by atoms with E-state index in [9.17, 15) is 14.4 Å². The predicted molar refractivity (Wildman–Crippen MR) is 109 cm³/mol. The molecule has 0 spiro atoms. The van der Waals surface area contributed by atoms with Gasteiger partial charge in [0.25, 0.3) is 0 Å². The summed E-state index contributed by atoms with van der Waals surface area (Å²) in [7, 11) is 0. The minimum Gasteiger partial charge on any atom is -0.341 e. The quantitative estimate of drug-likeness (QED) is 0.724. The molecule has 3 aliphatic rings. The van der Waals surface area contributed by atoms with Gasteiger partial charge in [-0.25, -0.2) is 0 Å². The highest BCUT2D eigenvalue weighted by Crippen LogP contribution is 2.28. The summed E-state index contributed by atoms with van der Waals surface area (Å²) in [5.74, 6) is 0.938. The van der Waals surface area contributed by atoms with Crippen LogP contribution in [0.4, 0.5) is 0 Å². The number of likely N-dealkylation sites (tertiary alicyclic amines) is 1. The lowest BCUT2D eigenvalue weighted by atomic mass is 9.86. The summed E-state index contributed by atoms with van der Waals surface area (Å²) in [4.78, 5) is 43.4. The number of hydrogen-bond donors (Lipinski definition) is 0. The molecule has 0 aromatic rings. The molecule has 6 nitrogen and oxygen atoms in total. The Hall–Kier alpha value is -1.59. The van der Waals surface area contributed by atoms with E-state index in [1.807, 2.05) is 28.5 Å². The van der Waals surface area contributed by atoms with E-state index in [0.717, 1.165) is 25.3 Å². The Morgan fingerprint density at radius 2 is 1.64 bits per heavy atom. The van der Waals surface area contributed by atoms with Crippen LogP contribution in [0, 0.1) is 11.8 Å². The van der Waals surface area contributed by atoms with E-state index in [1.54, 1.807) is 0 Å². The van der Waals surface area contributed by atoms with Gasteiger partial charge in [-0.2, -0.15) is 0 Å². The minimum atomic E-state index is -0.219. The molecule has 6 heteroatoms. The third-order valence-electron chi connectivity index (χ3n) is 6.78. The van der Waals surface area contributed by atoms with Crippen molar-refractivity contribution in [1.82, 2.24) is 14.7 Å². The molecule has 1 aliphatic carbocycles. The molecule has 3 rings (SSSR count). The van der Waals surface area contributed by atoms with Gasteiger partial charge < -0.3 is 14.7 Å². The summed E-state index contributed by atoms with van der Waals surface area (Å²) >= 11 is 0. The topological polar surface area (TPSA) is 60.9 Å². The smallest absolute Gasteiger partial charge is 0.228 e. The molecule has 0 N–H and O–H groups in total. The lowest BCUT2D eigenvalue weighted by molar-refractivity contribution is -0.136. The second kappa shape index (κ2) is 9.75. The highest BCUT2D eigenvalue weighted by molar-refractivity contribution is 5.89. The van der Waals surface area contributed by atoms with E-state index in [4.69, 9.17) is 0 Å². The lowest BCUT2D eigenvalue weighted by Crippen LogP contribution is -2.41. The zero-order valence-corrected chi connectivity index (χ0v) is 17.7. The molecule has 1 unspecified atom stereocenters. The molecular weight excluding hydrogens is 354 g/mol. The van der Waals surface area contributed by atoms with Crippen LogP contribution in [0.15, 0.2) is 0 Å². The molecule has 158 valence electrons. The molecule has 0 aromatic heterocycles. The first kappa shape index (κ1) is 21.1. The van der Waals surface area contributed by atoms with Gasteiger partial charge in [0.15, 0.2) is 0 Å². The van der Waals surface area contributed by atoms with E-state index < -0.39 is 0 Å². The van der Waals surface area contributed by atoms with Crippen molar-refractivity contribution in [2.24, 2.45) is 11.8 Å². The molecule has 2 saturated heterocycles. The van der Waals surface area contributed by atoms with Crippen molar-refractivity contribution in [2.45, 2.75) is 77.7 Å². The maximum absolute atomic E-state index is 12.9. The number of amides is 3. The average Bonchev–Trinajstić information content (AvgIpc) is 2.92. The second-order valence-corrected chi connectivity index (χ2v) is 9.14. The monoisotopic (exact) mass is 391 g/mol. The largest absolute Gasteiger partial charge is 0.341 e. The van der Waals surface area contributed by atoms with Gasteiger partial charge in [-0.05, 0) is 32.6 Å². The van der Waals surface area contributed by atoms with Gasteiger partial charge in [0.1, 0.15) is 0 Å². The zero-order valence-electron chi connectivity index (χ0n) is 17.7. The van der Waals surface area contributed by atoms with Gasteiger partial charge in [-0.1, -0.05) is 32.1 Å². The number of carbonyl (C=O) groups is 3. The van der Waals surface area contributed by atoms with Crippen molar-refractivity contribution in [3.63, 3.8) is 0 Å². The molecule has 3 fully saturated rings. The van der Waals surface area contributed by atoms with E-state index in [1.165, 1.54) is 32.1 Å². The maximum atomic E-state index is 12.9. The van der Waals surface area contributed by atoms with E-state index in [0.29, 0.717) is 39.0 Å². The molecule has 28 heavy (non-hydrogen) atoms. The summed E-state index contributed by atoms with van der Waals surface area (Å²) in [6.45, 7) is 7.19. The zero-order chi connectivity index (χ0) is 20.1. The van der Waals surface area contributed by atoms with Crippen molar-refractivity contribution in [2.75, 3.05) is 32.7 Å². The fourth-order valence-corrected chi connectivity index (χ4v) is 5.00. The second-order valence-electron chi connectivity index (χ2n) is 9.14. The third-order valence-corrected chi connectivity index (χ3v) is 6.78. The van der Waals surface area contributed by atoms with Crippen LogP contribution in [0.25, 0.3) is 0 Å².